The van der Waals surface area contributed by atoms with Crippen molar-refractivity contribution < 1.29 is 5.11 Å². The molecular weight excluding hydrogens is 256 g/mol. The molecule has 0 heterocycles. The monoisotopic (exact) mass is 282 g/mol. The van der Waals surface area contributed by atoms with Crippen molar-refractivity contribution >= 4 is 10.8 Å². The molecule has 0 saturated heterocycles. The molecule has 0 spiro atoms. The van der Waals surface area contributed by atoms with Gasteiger partial charge in [0.05, 0.1) is 5.60 Å². The SMILES string of the molecule is CC1CCC(C(C)C)C(O)(c2cccc3ccccc23)C1. The van der Waals surface area contributed by atoms with Crippen LogP contribution in [0.15, 0.2) is 42.5 Å². The van der Waals surface area contributed by atoms with E-state index < -0.39 is 5.60 Å². The molecule has 1 nitrogen and oxygen atoms in total. The maximum atomic E-state index is 11.6. The van der Waals surface area contributed by atoms with Crippen LogP contribution in [0.2, 0.25) is 0 Å². The van der Waals surface area contributed by atoms with Gasteiger partial charge in [-0.2, -0.15) is 0 Å². The lowest BCUT2D eigenvalue weighted by Crippen LogP contribution is -2.43. The Balaban J connectivity index is 2.17. The van der Waals surface area contributed by atoms with Crippen molar-refractivity contribution in [2.45, 2.75) is 45.6 Å². The number of rotatable bonds is 2. The van der Waals surface area contributed by atoms with Crippen LogP contribution in [0.5, 0.6) is 0 Å². The predicted molar refractivity (Wildman–Crippen MR) is 89.2 cm³/mol. The summed E-state index contributed by atoms with van der Waals surface area (Å²) in [5.74, 6) is 1.44. The molecule has 1 N–H and O–H groups in total. The first-order chi connectivity index (χ1) is 10.0. The van der Waals surface area contributed by atoms with Crippen LogP contribution in [0.4, 0.5) is 0 Å². The average molecular weight is 282 g/mol. The Morgan fingerprint density at radius 2 is 1.76 bits per heavy atom. The molecule has 2 aromatic carbocycles. The summed E-state index contributed by atoms with van der Waals surface area (Å²) in [5.41, 5.74) is 0.443. The highest BCUT2D eigenvalue weighted by atomic mass is 16.3. The second kappa shape index (κ2) is 5.46. The lowest BCUT2D eigenvalue weighted by atomic mass is 9.64. The van der Waals surface area contributed by atoms with E-state index >= 15 is 0 Å². The van der Waals surface area contributed by atoms with Crippen LogP contribution in [0.3, 0.4) is 0 Å². The molecule has 0 aromatic heterocycles. The van der Waals surface area contributed by atoms with Crippen molar-refractivity contribution in [3.05, 3.63) is 48.0 Å². The minimum absolute atomic E-state index is 0.347. The number of hydrogen-bond acceptors (Lipinski definition) is 1. The van der Waals surface area contributed by atoms with E-state index in [1.165, 1.54) is 17.2 Å². The topological polar surface area (TPSA) is 20.2 Å². The van der Waals surface area contributed by atoms with Crippen molar-refractivity contribution in [1.29, 1.82) is 0 Å². The fraction of sp³-hybridized carbons (Fsp3) is 0.500. The van der Waals surface area contributed by atoms with Gasteiger partial charge in [0.15, 0.2) is 0 Å². The third-order valence-corrected chi connectivity index (χ3v) is 5.30. The van der Waals surface area contributed by atoms with Crippen molar-refractivity contribution in [2.24, 2.45) is 17.8 Å². The number of benzene rings is 2. The summed E-state index contributed by atoms with van der Waals surface area (Å²) in [6.07, 6.45) is 3.23. The molecule has 3 rings (SSSR count). The van der Waals surface area contributed by atoms with Crippen LogP contribution >= 0.6 is 0 Å². The molecule has 0 radical (unpaired) electrons. The Bertz CT molecular complexity index is 625. The molecular formula is C20H26O. The highest BCUT2D eigenvalue weighted by Crippen LogP contribution is 2.48. The van der Waals surface area contributed by atoms with Gasteiger partial charge < -0.3 is 5.11 Å². The highest BCUT2D eigenvalue weighted by molar-refractivity contribution is 5.86. The standard InChI is InChI=1S/C20H26O/c1-14(2)18-12-11-15(3)13-20(18,21)19-10-6-8-16-7-4-5-9-17(16)19/h4-10,14-15,18,21H,11-13H2,1-3H3. The summed E-state index contributed by atoms with van der Waals surface area (Å²) < 4.78 is 0. The Morgan fingerprint density at radius 1 is 1.05 bits per heavy atom. The molecule has 0 aliphatic heterocycles. The van der Waals surface area contributed by atoms with Crippen molar-refractivity contribution in [3.63, 3.8) is 0 Å². The van der Waals surface area contributed by atoms with Gasteiger partial charge in [-0.25, -0.2) is 0 Å². The third kappa shape index (κ3) is 2.48. The van der Waals surface area contributed by atoms with Gasteiger partial charge in [0.1, 0.15) is 0 Å². The van der Waals surface area contributed by atoms with Crippen LogP contribution < -0.4 is 0 Å². The van der Waals surface area contributed by atoms with Crippen LogP contribution in [-0.4, -0.2) is 5.11 Å². The van der Waals surface area contributed by atoms with Gasteiger partial charge in [-0.3, -0.25) is 0 Å². The predicted octanol–water partition coefficient (Wildman–Crippen LogP) is 5.12. The van der Waals surface area contributed by atoms with E-state index in [0.29, 0.717) is 17.8 Å². The minimum atomic E-state index is -0.688. The summed E-state index contributed by atoms with van der Waals surface area (Å²) in [5, 5.41) is 14.1. The molecule has 1 aliphatic carbocycles. The summed E-state index contributed by atoms with van der Waals surface area (Å²) in [7, 11) is 0. The molecule has 0 amide bonds. The van der Waals surface area contributed by atoms with Crippen LogP contribution in [-0.2, 0) is 5.60 Å². The zero-order chi connectivity index (χ0) is 15.0. The molecule has 1 aliphatic rings. The van der Waals surface area contributed by atoms with Crippen molar-refractivity contribution in [3.8, 4) is 0 Å². The van der Waals surface area contributed by atoms with Gasteiger partial charge in [-0.1, -0.05) is 69.7 Å². The first-order valence-corrected chi connectivity index (χ1v) is 8.23. The lowest BCUT2D eigenvalue weighted by molar-refractivity contribution is -0.0854. The molecule has 1 fully saturated rings. The maximum Gasteiger partial charge on any atom is 0.0935 e. The molecule has 2 aromatic rings. The summed E-state index contributed by atoms with van der Waals surface area (Å²) in [4.78, 5) is 0. The van der Waals surface area contributed by atoms with Crippen molar-refractivity contribution in [1.82, 2.24) is 0 Å². The first-order valence-electron chi connectivity index (χ1n) is 8.23. The van der Waals surface area contributed by atoms with Gasteiger partial charge in [0, 0.05) is 0 Å². The van der Waals surface area contributed by atoms with Crippen LogP contribution in [0.1, 0.15) is 45.6 Å². The molecule has 0 bridgehead atoms. The fourth-order valence-corrected chi connectivity index (χ4v) is 4.28. The largest absolute Gasteiger partial charge is 0.385 e. The Kier molecular flexibility index (Phi) is 3.79. The van der Waals surface area contributed by atoms with Crippen LogP contribution in [0.25, 0.3) is 10.8 Å². The fourth-order valence-electron chi connectivity index (χ4n) is 4.28. The Morgan fingerprint density at radius 3 is 2.52 bits per heavy atom. The summed E-state index contributed by atoms with van der Waals surface area (Å²) in [6.45, 7) is 6.76. The van der Waals surface area contributed by atoms with Gasteiger partial charge in [-0.15, -0.1) is 0 Å². The van der Waals surface area contributed by atoms with Gasteiger partial charge in [-0.05, 0) is 46.9 Å². The lowest BCUT2D eigenvalue weighted by Gasteiger charge is -2.45. The van der Waals surface area contributed by atoms with Gasteiger partial charge in [0.25, 0.3) is 0 Å². The molecule has 3 atom stereocenters. The van der Waals surface area contributed by atoms with E-state index in [0.717, 1.165) is 18.4 Å². The van der Waals surface area contributed by atoms with E-state index in [1.54, 1.807) is 0 Å². The Labute approximate surface area is 128 Å². The zero-order valence-electron chi connectivity index (χ0n) is 13.3. The normalized spacial score (nSPS) is 30.0. The number of fused-ring (bicyclic) bond motifs is 1. The summed E-state index contributed by atoms with van der Waals surface area (Å²) in [6, 6.07) is 14.8. The zero-order valence-corrected chi connectivity index (χ0v) is 13.3. The van der Waals surface area contributed by atoms with E-state index in [-0.39, 0.29) is 0 Å². The average Bonchev–Trinajstić information content (AvgIpc) is 2.46. The smallest absolute Gasteiger partial charge is 0.0935 e. The molecule has 112 valence electrons. The molecule has 21 heavy (non-hydrogen) atoms. The van der Waals surface area contributed by atoms with E-state index in [2.05, 4.69) is 63.2 Å². The maximum absolute atomic E-state index is 11.6. The molecule has 1 heteroatoms. The second-order valence-electron chi connectivity index (χ2n) is 7.19. The Hall–Kier alpha value is -1.34. The third-order valence-electron chi connectivity index (χ3n) is 5.30. The minimum Gasteiger partial charge on any atom is -0.385 e. The number of hydrogen-bond donors (Lipinski definition) is 1. The second-order valence-corrected chi connectivity index (χ2v) is 7.19. The number of aliphatic hydroxyl groups is 1. The van der Waals surface area contributed by atoms with Crippen molar-refractivity contribution in [2.75, 3.05) is 0 Å². The first kappa shape index (κ1) is 14.6. The van der Waals surface area contributed by atoms with E-state index in [9.17, 15) is 5.11 Å². The quantitative estimate of drug-likeness (QED) is 0.810. The molecule has 1 saturated carbocycles. The van der Waals surface area contributed by atoms with Gasteiger partial charge in [0.2, 0.25) is 0 Å². The summed E-state index contributed by atoms with van der Waals surface area (Å²) >= 11 is 0. The van der Waals surface area contributed by atoms with E-state index in [1.807, 2.05) is 0 Å². The van der Waals surface area contributed by atoms with E-state index in [4.69, 9.17) is 0 Å². The molecule has 3 unspecified atom stereocenters. The van der Waals surface area contributed by atoms with Gasteiger partial charge >= 0.3 is 0 Å². The van der Waals surface area contributed by atoms with Crippen LogP contribution in [0, 0.1) is 17.8 Å². The highest BCUT2D eigenvalue weighted by Gasteiger charge is 2.44.